The molecule has 0 heterocycles. The number of rotatable bonds is 9. The molecule has 0 unspecified atom stereocenters. The Balaban J connectivity index is 1.98. The number of nitrogens with one attached hydrogen (secondary N) is 1. The minimum Gasteiger partial charge on any atom is -0.493 e. The number of carbonyl (C=O) groups is 2. The highest BCUT2D eigenvalue weighted by Gasteiger charge is 2.24. The molecular formula is C24H33N3O4. The van der Waals surface area contributed by atoms with E-state index in [1.54, 1.807) is 21.3 Å². The third-order valence-corrected chi connectivity index (χ3v) is 5.37. The van der Waals surface area contributed by atoms with Crippen LogP contribution in [-0.2, 0) is 16.1 Å². The van der Waals surface area contributed by atoms with Gasteiger partial charge in [0.1, 0.15) is 0 Å². The van der Waals surface area contributed by atoms with Crippen LogP contribution in [0.4, 0.5) is 5.69 Å². The Morgan fingerprint density at radius 2 is 1.58 bits per heavy atom. The van der Waals surface area contributed by atoms with Gasteiger partial charge in [-0.25, -0.2) is 0 Å². The van der Waals surface area contributed by atoms with Crippen LogP contribution in [0.3, 0.4) is 0 Å². The van der Waals surface area contributed by atoms with E-state index in [0.29, 0.717) is 23.7 Å². The van der Waals surface area contributed by atoms with Crippen LogP contribution in [0.1, 0.15) is 23.6 Å². The summed E-state index contributed by atoms with van der Waals surface area (Å²) in [5.41, 5.74) is 3.92. The van der Waals surface area contributed by atoms with Crippen LogP contribution in [0.5, 0.6) is 11.5 Å². The van der Waals surface area contributed by atoms with E-state index in [0.717, 1.165) is 16.7 Å². The van der Waals surface area contributed by atoms with Crippen LogP contribution in [0.15, 0.2) is 36.4 Å². The van der Waals surface area contributed by atoms with Crippen molar-refractivity contribution in [3.8, 4) is 11.5 Å². The largest absolute Gasteiger partial charge is 0.493 e. The predicted molar refractivity (Wildman–Crippen MR) is 123 cm³/mol. The molecule has 0 aliphatic rings. The maximum absolute atomic E-state index is 12.9. The standard InChI is InChI=1S/C24H33N3O4/c1-16-8-10-20(11-9-16)25-23(28)15-27(5)24(29)18(3)26(4)14-19-13-22(31-7)21(30-6)12-17(19)2/h8-13,18H,14-15H2,1-7H3,(H,25,28)/t18-/m1/s1. The fourth-order valence-corrected chi connectivity index (χ4v) is 3.24. The third kappa shape index (κ3) is 6.46. The number of hydrogen-bond acceptors (Lipinski definition) is 5. The van der Waals surface area contributed by atoms with Crippen LogP contribution >= 0.6 is 0 Å². The normalized spacial score (nSPS) is 11.7. The van der Waals surface area contributed by atoms with E-state index < -0.39 is 6.04 Å². The molecule has 0 saturated carbocycles. The molecule has 2 aromatic carbocycles. The second-order valence-corrected chi connectivity index (χ2v) is 7.83. The van der Waals surface area contributed by atoms with Crippen LogP contribution in [-0.4, -0.2) is 62.5 Å². The lowest BCUT2D eigenvalue weighted by atomic mass is 10.1. The quantitative estimate of drug-likeness (QED) is 0.665. The first-order chi connectivity index (χ1) is 14.7. The lowest BCUT2D eigenvalue weighted by molar-refractivity contribution is -0.137. The number of ether oxygens (including phenoxy) is 2. The molecule has 0 spiro atoms. The first kappa shape index (κ1) is 24.2. The predicted octanol–water partition coefficient (Wildman–Crippen LogP) is 3.24. The van der Waals surface area contributed by atoms with Crippen molar-refractivity contribution in [2.24, 2.45) is 0 Å². The minimum absolute atomic E-state index is 0.0136. The van der Waals surface area contributed by atoms with Crippen molar-refractivity contribution in [3.05, 3.63) is 53.1 Å². The van der Waals surface area contributed by atoms with Crippen molar-refractivity contribution in [2.75, 3.05) is 40.2 Å². The van der Waals surface area contributed by atoms with E-state index in [1.807, 2.05) is 69.1 Å². The summed E-state index contributed by atoms with van der Waals surface area (Å²) in [6.07, 6.45) is 0. The van der Waals surface area contributed by atoms with Gasteiger partial charge in [0.05, 0.1) is 26.8 Å². The molecule has 1 atom stereocenters. The number of benzene rings is 2. The maximum Gasteiger partial charge on any atom is 0.243 e. The van der Waals surface area contributed by atoms with Crippen molar-refractivity contribution in [2.45, 2.75) is 33.4 Å². The Hall–Kier alpha value is -3.06. The van der Waals surface area contributed by atoms with Gasteiger partial charge in [-0.15, -0.1) is 0 Å². The highest BCUT2D eigenvalue weighted by Crippen LogP contribution is 2.31. The molecule has 0 fully saturated rings. The van der Waals surface area contributed by atoms with Gasteiger partial charge in [-0.3, -0.25) is 14.5 Å². The summed E-state index contributed by atoms with van der Waals surface area (Å²) in [5.74, 6) is 0.972. The number of anilines is 1. The molecule has 0 bridgehead atoms. The van der Waals surface area contributed by atoms with Crippen LogP contribution in [0.2, 0.25) is 0 Å². The van der Waals surface area contributed by atoms with E-state index in [-0.39, 0.29) is 18.4 Å². The zero-order chi connectivity index (χ0) is 23.1. The molecule has 7 heteroatoms. The number of likely N-dealkylation sites (N-methyl/N-ethyl adjacent to an activating group) is 2. The Kier molecular flexibility index (Phi) is 8.45. The van der Waals surface area contributed by atoms with Gasteiger partial charge in [0, 0.05) is 19.3 Å². The van der Waals surface area contributed by atoms with Gasteiger partial charge in [0.15, 0.2) is 11.5 Å². The molecule has 0 aliphatic carbocycles. The van der Waals surface area contributed by atoms with E-state index in [9.17, 15) is 9.59 Å². The fourth-order valence-electron chi connectivity index (χ4n) is 3.24. The zero-order valence-electron chi connectivity index (χ0n) is 19.5. The highest BCUT2D eigenvalue weighted by molar-refractivity contribution is 5.95. The number of methoxy groups -OCH3 is 2. The van der Waals surface area contributed by atoms with Crippen molar-refractivity contribution in [3.63, 3.8) is 0 Å². The molecule has 0 saturated heterocycles. The number of carbonyl (C=O) groups excluding carboxylic acids is 2. The topological polar surface area (TPSA) is 71.1 Å². The summed E-state index contributed by atoms with van der Waals surface area (Å²) < 4.78 is 10.7. The molecule has 0 radical (unpaired) electrons. The molecule has 2 aromatic rings. The molecule has 168 valence electrons. The number of nitrogens with zero attached hydrogens (tertiary/aromatic N) is 2. The Bertz CT molecular complexity index is 912. The van der Waals surface area contributed by atoms with E-state index in [2.05, 4.69) is 5.32 Å². The van der Waals surface area contributed by atoms with Crippen LogP contribution in [0, 0.1) is 13.8 Å². The minimum atomic E-state index is -0.398. The molecule has 31 heavy (non-hydrogen) atoms. The Morgan fingerprint density at radius 3 is 2.16 bits per heavy atom. The van der Waals surface area contributed by atoms with Crippen LogP contribution in [0.25, 0.3) is 0 Å². The average molecular weight is 428 g/mol. The average Bonchev–Trinajstić information content (AvgIpc) is 2.75. The van der Waals surface area contributed by atoms with Crippen molar-refractivity contribution < 1.29 is 19.1 Å². The SMILES string of the molecule is COc1cc(C)c(CN(C)[C@H](C)C(=O)N(C)CC(=O)Nc2ccc(C)cc2)cc1OC. The molecule has 2 amide bonds. The monoisotopic (exact) mass is 427 g/mol. The smallest absolute Gasteiger partial charge is 0.243 e. The van der Waals surface area contributed by atoms with Crippen LogP contribution < -0.4 is 14.8 Å². The van der Waals surface area contributed by atoms with Crippen molar-refractivity contribution in [1.82, 2.24) is 9.80 Å². The molecule has 0 aromatic heterocycles. The summed E-state index contributed by atoms with van der Waals surface area (Å²) in [6, 6.07) is 11.0. The zero-order valence-corrected chi connectivity index (χ0v) is 19.5. The summed E-state index contributed by atoms with van der Waals surface area (Å²) in [7, 11) is 6.74. The Morgan fingerprint density at radius 1 is 1.00 bits per heavy atom. The number of aryl methyl sites for hydroxylation is 2. The first-order valence-corrected chi connectivity index (χ1v) is 10.2. The number of amides is 2. The summed E-state index contributed by atoms with van der Waals surface area (Å²) in [4.78, 5) is 28.6. The lowest BCUT2D eigenvalue weighted by Crippen LogP contribution is -2.46. The third-order valence-electron chi connectivity index (χ3n) is 5.37. The number of hydrogen-bond donors (Lipinski definition) is 1. The summed E-state index contributed by atoms with van der Waals surface area (Å²) in [5, 5.41) is 2.82. The highest BCUT2D eigenvalue weighted by atomic mass is 16.5. The van der Waals surface area contributed by atoms with Crippen molar-refractivity contribution >= 4 is 17.5 Å². The van der Waals surface area contributed by atoms with Crippen molar-refractivity contribution in [1.29, 1.82) is 0 Å². The van der Waals surface area contributed by atoms with Gasteiger partial charge in [-0.2, -0.15) is 0 Å². The molecule has 7 nitrogen and oxygen atoms in total. The van der Waals surface area contributed by atoms with Gasteiger partial charge < -0.3 is 19.7 Å². The Labute approximate surface area is 184 Å². The van der Waals surface area contributed by atoms with E-state index in [4.69, 9.17) is 9.47 Å². The first-order valence-electron chi connectivity index (χ1n) is 10.2. The molecule has 2 rings (SSSR count). The molecular weight excluding hydrogens is 394 g/mol. The summed E-state index contributed by atoms with van der Waals surface area (Å²) >= 11 is 0. The van der Waals surface area contributed by atoms with Gasteiger partial charge >= 0.3 is 0 Å². The summed E-state index contributed by atoms with van der Waals surface area (Å²) in [6.45, 7) is 6.37. The van der Waals surface area contributed by atoms with Gasteiger partial charge in [0.2, 0.25) is 11.8 Å². The lowest BCUT2D eigenvalue weighted by Gasteiger charge is -2.28. The second kappa shape index (κ2) is 10.8. The molecule has 0 aliphatic heterocycles. The van der Waals surface area contributed by atoms with Gasteiger partial charge in [-0.05, 0) is 63.2 Å². The van der Waals surface area contributed by atoms with Gasteiger partial charge in [0.25, 0.3) is 0 Å². The van der Waals surface area contributed by atoms with E-state index >= 15 is 0 Å². The molecule has 1 N–H and O–H groups in total. The second-order valence-electron chi connectivity index (χ2n) is 7.83. The van der Waals surface area contributed by atoms with E-state index in [1.165, 1.54) is 4.90 Å². The van der Waals surface area contributed by atoms with Gasteiger partial charge in [-0.1, -0.05) is 17.7 Å². The maximum atomic E-state index is 12.9. The fraction of sp³-hybridized carbons (Fsp3) is 0.417.